The Hall–Kier alpha value is -0.610. The van der Waals surface area contributed by atoms with Gasteiger partial charge in [-0.3, -0.25) is 4.79 Å². The van der Waals surface area contributed by atoms with Crippen molar-refractivity contribution in [2.24, 2.45) is 17.1 Å². The zero-order chi connectivity index (χ0) is 13.6. The van der Waals surface area contributed by atoms with Crippen LogP contribution in [0.25, 0.3) is 0 Å². The molecule has 1 fully saturated rings. The maximum absolute atomic E-state index is 12.3. The fourth-order valence-corrected chi connectivity index (χ4v) is 2.74. The van der Waals surface area contributed by atoms with Gasteiger partial charge in [0.2, 0.25) is 5.91 Å². The number of nitrogens with one attached hydrogen (secondary N) is 1. The first-order valence-electron chi connectivity index (χ1n) is 7.32. The molecule has 1 amide bonds. The Morgan fingerprint density at radius 1 is 1.39 bits per heavy atom. The number of amides is 1. The fraction of sp³-hybridized carbons (Fsp3) is 0.929. The van der Waals surface area contributed by atoms with E-state index in [1.165, 1.54) is 13.0 Å². The number of carbonyl (C=O) groups excluding carboxylic acids is 1. The molecule has 4 heteroatoms. The van der Waals surface area contributed by atoms with Gasteiger partial charge in [0, 0.05) is 19.6 Å². The molecule has 0 aromatic carbocycles. The summed E-state index contributed by atoms with van der Waals surface area (Å²) in [5.74, 6) is 0.753. The molecule has 4 nitrogen and oxygen atoms in total. The number of nitrogens with two attached hydrogens (primary N) is 1. The summed E-state index contributed by atoms with van der Waals surface area (Å²) in [7, 11) is 0. The zero-order valence-corrected chi connectivity index (χ0v) is 12.2. The van der Waals surface area contributed by atoms with E-state index < -0.39 is 0 Å². The highest BCUT2D eigenvalue weighted by Crippen LogP contribution is 2.25. The highest BCUT2D eigenvalue weighted by atomic mass is 16.2. The molecular formula is C14H29N3O. The highest BCUT2D eigenvalue weighted by molar-refractivity contribution is 5.82. The van der Waals surface area contributed by atoms with Gasteiger partial charge in [0.1, 0.15) is 0 Å². The second-order valence-electron chi connectivity index (χ2n) is 5.45. The molecule has 0 bridgehead atoms. The molecule has 0 radical (unpaired) electrons. The summed E-state index contributed by atoms with van der Waals surface area (Å²) in [6.07, 6.45) is 2.83. The van der Waals surface area contributed by atoms with E-state index in [4.69, 9.17) is 5.73 Å². The van der Waals surface area contributed by atoms with Crippen molar-refractivity contribution in [1.82, 2.24) is 10.2 Å². The molecule has 0 saturated carbocycles. The van der Waals surface area contributed by atoms with Crippen molar-refractivity contribution >= 4 is 5.91 Å². The van der Waals surface area contributed by atoms with Gasteiger partial charge in [-0.25, -0.2) is 0 Å². The van der Waals surface area contributed by atoms with E-state index in [2.05, 4.69) is 17.1 Å². The van der Waals surface area contributed by atoms with Crippen molar-refractivity contribution in [1.29, 1.82) is 0 Å². The van der Waals surface area contributed by atoms with E-state index in [1.807, 2.05) is 13.8 Å². The molecule has 3 N–H and O–H groups in total. The third kappa shape index (κ3) is 3.45. The van der Waals surface area contributed by atoms with Crippen molar-refractivity contribution in [3.8, 4) is 0 Å². The van der Waals surface area contributed by atoms with Crippen LogP contribution in [0.15, 0.2) is 0 Å². The van der Waals surface area contributed by atoms with Gasteiger partial charge in [-0.1, -0.05) is 20.8 Å². The van der Waals surface area contributed by atoms with Gasteiger partial charge in [-0.15, -0.1) is 0 Å². The summed E-state index contributed by atoms with van der Waals surface area (Å²) < 4.78 is 0. The van der Waals surface area contributed by atoms with Gasteiger partial charge in [0.15, 0.2) is 0 Å². The summed E-state index contributed by atoms with van der Waals surface area (Å²) >= 11 is 0. The Kier molecular flexibility index (Phi) is 6.09. The quantitative estimate of drug-likeness (QED) is 0.719. The summed E-state index contributed by atoms with van der Waals surface area (Å²) in [4.78, 5) is 14.7. The van der Waals surface area contributed by atoms with Crippen LogP contribution in [0.4, 0.5) is 0 Å². The van der Waals surface area contributed by atoms with Crippen LogP contribution in [-0.2, 0) is 4.79 Å². The fourth-order valence-electron chi connectivity index (χ4n) is 2.74. The number of hydrogen-bond acceptors (Lipinski definition) is 3. The smallest absolute Gasteiger partial charge is 0.227 e. The standard InChI is InChI=1S/C14H29N3O/c1-4-14(5-2,11-15)13(18)16-9-12-7-8-17(6-3)10-12/h12H,4-11,15H2,1-3H3,(H,16,18). The maximum Gasteiger partial charge on any atom is 0.227 e. The van der Waals surface area contributed by atoms with Gasteiger partial charge in [-0.2, -0.15) is 0 Å². The number of hydrogen-bond donors (Lipinski definition) is 2. The molecule has 0 spiro atoms. The maximum atomic E-state index is 12.3. The Bertz CT molecular complexity index is 256. The normalized spacial score (nSPS) is 21.2. The van der Waals surface area contributed by atoms with Gasteiger partial charge < -0.3 is 16.0 Å². The van der Waals surface area contributed by atoms with Crippen LogP contribution >= 0.6 is 0 Å². The lowest BCUT2D eigenvalue weighted by molar-refractivity contribution is -0.131. The average Bonchev–Trinajstić information content (AvgIpc) is 2.87. The molecule has 1 heterocycles. The molecule has 1 aliphatic rings. The summed E-state index contributed by atoms with van der Waals surface area (Å²) in [6, 6.07) is 0. The Balaban J connectivity index is 2.41. The van der Waals surface area contributed by atoms with Crippen LogP contribution in [0.3, 0.4) is 0 Å². The summed E-state index contributed by atoms with van der Waals surface area (Å²) in [5.41, 5.74) is 5.43. The van der Waals surface area contributed by atoms with Gasteiger partial charge in [0.05, 0.1) is 5.41 Å². The topological polar surface area (TPSA) is 58.4 Å². The predicted molar refractivity (Wildman–Crippen MR) is 75.3 cm³/mol. The van der Waals surface area contributed by atoms with Crippen molar-refractivity contribution in [2.45, 2.75) is 40.0 Å². The molecular weight excluding hydrogens is 226 g/mol. The highest BCUT2D eigenvalue weighted by Gasteiger charge is 2.33. The van der Waals surface area contributed by atoms with Crippen molar-refractivity contribution in [2.75, 3.05) is 32.7 Å². The number of nitrogens with zero attached hydrogens (tertiary/aromatic N) is 1. The van der Waals surface area contributed by atoms with Crippen molar-refractivity contribution in [3.05, 3.63) is 0 Å². The lowest BCUT2D eigenvalue weighted by Crippen LogP contribution is -2.46. The third-order valence-corrected chi connectivity index (χ3v) is 4.59. The van der Waals surface area contributed by atoms with Gasteiger partial charge in [0.25, 0.3) is 0 Å². The van der Waals surface area contributed by atoms with Crippen molar-refractivity contribution in [3.63, 3.8) is 0 Å². The lowest BCUT2D eigenvalue weighted by atomic mass is 9.81. The second-order valence-corrected chi connectivity index (χ2v) is 5.45. The van der Waals surface area contributed by atoms with Crippen LogP contribution < -0.4 is 11.1 Å². The van der Waals surface area contributed by atoms with E-state index in [0.717, 1.165) is 32.5 Å². The van der Waals surface area contributed by atoms with Crippen LogP contribution in [0.5, 0.6) is 0 Å². The van der Waals surface area contributed by atoms with E-state index in [0.29, 0.717) is 12.5 Å². The first kappa shape index (κ1) is 15.4. The minimum absolute atomic E-state index is 0.143. The Labute approximate surface area is 111 Å². The van der Waals surface area contributed by atoms with Crippen LogP contribution in [-0.4, -0.2) is 43.5 Å². The van der Waals surface area contributed by atoms with Crippen LogP contribution in [0, 0.1) is 11.3 Å². The predicted octanol–water partition coefficient (Wildman–Crippen LogP) is 1.21. The number of rotatable bonds is 7. The molecule has 1 unspecified atom stereocenters. The second kappa shape index (κ2) is 7.10. The number of likely N-dealkylation sites (tertiary alicyclic amines) is 1. The minimum atomic E-state index is -0.358. The molecule has 0 aromatic rings. The van der Waals surface area contributed by atoms with Gasteiger partial charge in [-0.05, 0) is 38.3 Å². The largest absolute Gasteiger partial charge is 0.355 e. The molecule has 106 valence electrons. The monoisotopic (exact) mass is 255 g/mol. The first-order valence-corrected chi connectivity index (χ1v) is 7.32. The van der Waals surface area contributed by atoms with Crippen LogP contribution in [0.2, 0.25) is 0 Å². The van der Waals surface area contributed by atoms with E-state index in [-0.39, 0.29) is 11.3 Å². The van der Waals surface area contributed by atoms with Gasteiger partial charge >= 0.3 is 0 Å². The van der Waals surface area contributed by atoms with E-state index in [1.54, 1.807) is 0 Å². The summed E-state index contributed by atoms with van der Waals surface area (Å²) in [5, 5.41) is 3.12. The molecule has 18 heavy (non-hydrogen) atoms. The lowest BCUT2D eigenvalue weighted by Gasteiger charge is -2.29. The summed E-state index contributed by atoms with van der Waals surface area (Å²) in [6.45, 7) is 10.9. The number of carbonyl (C=O) groups is 1. The van der Waals surface area contributed by atoms with E-state index >= 15 is 0 Å². The average molecular weight is 255 g/mol. The Morgan fingerprint density at radius 2 is 2.06 bits per heavy atom. The third-order valence-electron chi connectivity index (χ3n) is 4.59. The first-order chi connectivity index (χ1) is 8.61. The zero-order valence-electron chi connectivity index (χ0n) is 12.2. The molecule has 1 saturated heterocycles. The van der Waals surface area contributed by atoms with Crippen molar-refractivity contribution < 1.29 is 4.79 Å². The SMILES string of the molecule is CCN1CCC(CNC(=O)C(CC)(CC)CN)C1. The molecule has 1 atom stereocenters. The Morgan fingerprint density at radius 3 is 2.50 bits per heavy atom. The molecule has 0 aromatic heterocycles. The molecule has 0 aliphatic carbocycles. The molecule has 1 aliphatic heterocycles. The molecule has 1 rings (SSSR count). The van der Waals surface area contributed by atoms with E-state index in [9.17, 15) is 4.79 Å². The van der Waals surface area contributed by atoms with Crippen LogP contribution in [0.1, 0.15) is 40.0 Å². The minimum Gasteiger partial charge on any atom is -0.355 e.